The molecule has 0 aliphatic carbocycles. The van der Waals surface area contributed by atoms with Crippen molar-refractivity contribution in [3.8, 4) is 0 Å². The summed E-state index contributed by atoms with van der Waals surface area (Å²) in [5.41, 5.74) is 0. The number of esters is 2. The van der Waals surface area contributed by atoms with Crippen molar-refractivity contribution in [3.05, 3.63) is 12.2 Å². The number of carbonyl (C=O) groups is 3. The summed E-state index contributed by atoms with van der Waals surface area (Å²) in [6, 6.07) is 0. The van der Waals surface area contributed by atoms with Gasteiger partial charge in [0.05, 0.1) is 40.3 Å². The molecule has 456 valence electrons. The molecule has 0 fully saturated rings. The maximum Gasteiger partial charge on any atom is 0.306 e. The highest BCUT2D eigenvalue weighted by atomic mass is 16.7. The van der Waals surface area contributed by atoms with Crippen molar-refractivity contribution in [3.63, 3.8) is 0 Å². The number of nitrogens with zero attached hydrogens (tertiary/aromatic N) is 1. The summed E-state index contributed by atoms with van der Waals surface area (Å²) in [5, 5.41) is 11.8. The van der Waals surface area contributed by atoms with Crippen molar-refractivity contribution in [2.24, 2.45) is 0 Å². The van der Waals surface area contributed by atoms with Gasteiger partial charge in [-0.25, -0.2) is 0 Å². The van der Waals surface area contributed by atoms with E-state index in [9.17, 15) is 19.5 Å². The van der Waals surface area contributed by atoms with Crippen molar-refractivity contribution < 1.29 is 42.9 Å². The van der Waals surface area contributed by atoms with Crippen LogP contribution >= 0.6 is 0 Å². The van der Waals surface area contributed by atoms with Crippen LogP contribution in [0.1, 0.15) is 348 Å². The lowest BCUT2D eigenvalue weighted by Gasteiger charge is -2.26. The van der Waals surface area contributed by atoms with E-state index in [-0.39, 0.29) is 32.2 Å². The van der Waals surface area contributed by atoms with Crippen LogP contribution in [0, 0.1) is 0 Å². The molecular formula is C68H131NO8. The first-order chi connectivity index (χ1) is 37.6. The Hall–Kier alpha value is -1.97. The van der Waals surface area contributed by atoms with E-state index < -0.39 is 24.3 Å². The summed E-state index contributed by atoms with van der Waals surface area (Å²) >= 11 is 0. The molecule has 0 rings (SSSR count). The number of ether oxygens (including phenoxy) is 4. The molecule has 9 nitrogen and oxygen atoms in total. The van der Waals surface area contributed by atoms with E-state index >= 15 is 0 Å². The number of carbonyl (C=O) groups excluding carboxylic acids is 3. The van der Waals surface area contributed by atoms with Crippen molar-refractivity contribution in [1.29, 1.82) is 0 Å². The third kappa shape index (κ3) is 61.5. The van der Waals surface area contributed by atoms with E-state index in [1.165, 1.54) is 283 Å². The predicted octanol–water partition coefficient (Wildman–Crippen LogP) is 19.1. The Labute approximate surface area is 478 Å². The van der Waals surface area contributed by atoms with Gasteiger partial charge in [0.15, 0.2) is 12.4 Å². The maximum absolute atomic E-state index is 12.9. The lowest BCUT2D eigenvalue weighted by Crippen LogP contribution is -2.44. The number of likely N-dealkylation sites (N-methyl/N-ethyl adjacent to an activating group) is 1. The van der Waals surface area contributed by atoms with Gasteiger partial charge < -0.3 is 33.3 Å². The summed E-state index contributed by atoms with van der Waals surface area (Å²) in [4.78, 5) is 37.4. The molecule has 0 N–H and O–H groups in total. The molecule has 2 unspecified atom stereocenters. The summed E-state index contributed by atoms with van der Waals surface area (Å²) in [6.07, 6.45) is 68.6. The highest BCUT2D eigenvalue weighted by Gasteiger charge is 2.22. The molecule has 0 radical (unpaired) electrons. The maximum atomic E-state index is 12.9. The van der Waals surface area contributed by atoms with E-state index in [1.54, 1.807) is 0 Å². The molecule has 0 aliphatic heterocycles. The fourth-order valence-corrected chi connectivity index (χ4v) is 10.3. The zero-order valence-corrected chi connectivity index (χ0v) is 52.1. The van der Waals surface area contributed by atoms with Gasteiger partial charge in [-0.2, -0.15) is 0 Å². The molecule has 0 aromatic rings. The first-order valence-corrected chi connectivity index (χ1v) is 33.8. The summed E-state index contributed by atoms with van der Waals surface area (Å²) < 4.78 is 22.8. The third-order valence-electron chi connectivity index (χ3n) is 15.5. The Bertz CT molecular complexity index is 1270. The average Bonchev–Trinajstić information content (AvgIpc) is 3.40. The van der Waals surface area contributed by atoms with Crippen molar-refractivity contribution in [2.45, 2.75) is 360 Å². The summed E-state index contributed by atoms with van der Waals surface area (Å²) in [6.45, 7) is 4.82. The van der Waals surface area contributed by atoms with Gasteiger partial charge >= 0.3 is 11.9 Å². The molecule has 9 heteroatoms. The average molecular weight is 1090 g/mol. The Balaban J connectivity index is 4.07. The molecule has 0 aliphatic rings. The van der Waals surface area contributed by atoms with Crippen LogP contribution in [0.4, 0.5) is 0 Å². The Morgan fingerprint density at radius 3 is 0.961 bits per heavy atom. The lowest BCUT2D eigenvalue weighted by molar-refractivity contribution is -0.870. The Morgan fingerprint density at radius 2 is 0.662 bits per heavy atom. The number of quaternary nitrogens is 1. The Morgan fingerprint density at radius 1 is 0.377 bits per heavy atom. The number of carboxylic acid groups (broad SMARTS) is 1. The van der Waals surface area contributed by atoms with Crippen LogP contribution in [0.25, 0.3) is 0 Å². The molecule has 0 spiro atoms. The molecule has 0 heterocycles. The van der Waals surface area contributed by atoms with Crippen LogP contribution < -0.4 is 5.11 Å². The second-order valence-corrected chi connectivity index (χ2v) is 24.5. The van der Waals surface area contributed by atoms with E-state index in [0.717, 1.165) is 38.5 Å². The number of allylic oxidation sites excluding steroid dienone is 2. The van der Waals surface area contributed by atoms with Gasteiger partial charge in [0, 0.05) is 12.8 Å². The van der Waals surface area contributed by atoms with Crippen LogP contribution in [-0.4, -0.2) is 82.3 Å². The summed E-state index contributed by atoms with van der Waals surface area (Å²) in [7, 11) is 5.94. The number of carboxylic acids is 1. The normalized spacial score (nSPS) is 12.7. The van der Waals surface area contributed by atoms with E-state index in [4.69, 9.17) is 18.9 Å². The lowest BCUT2D eigenvalue weighted by atomic mass is 10.0. The monoisotopic (exact) mass is 1090 g/mol. The SMILES string of the molecule is CCCCCCCCCC/C=C\CCCCCCCCCCCCCC(=O)OC(COC(=O)CCCCCCCCCCCCCCCCCCCCCCCCCCCCCCC)COC(OCC[N+](C)(C)C)C(=O)[O-]. The van der Waals surface area contributed by atoms with Gasteiger partial charge in [0.25, 0.3) is 0 Å². The quantitative estimate of drug-likeness (QED) is 0.0195. The number of aliphatic carboxylic acids is 1. The topological polar surface area (TPSA) is 111 Å². The highest BCUT2D eigenvalue weighted by molar-refractivity contribution is 5.70. The van der Waals surface area contributed by atoms with Crippen molar-refractivity contribution >= 4 is 17.9 Å². The van der Waals surface area contributed by atoms with Gasteiger partial charge in [-0.1, -0.05) is 309 Å². The van der Waals surface area contributed by atoms with Crippen LogP contribution in [-0.2, 0) is 33.3 Å². The fraction of sp³-hybridized carbons (Fsp3) is 0.926. The zero-order valence-electron chi connectivity index (χ0n) is 52.1. The van der Waals surface area contributed by atoms with E-state index in [0.29, 0.717) is 17.4 Å². The van der Waals surface area contributed by atoms with Crippen LogP contribution in [0.5, 0.6) is 0 Å². The molecule has 2 atom stereocenters. The minimum Gasteiger partial charge on any atom is -0.545 e. The standard InChI is InChI=1S/C68H131NO8/c1-6-8-10-12-14-16-18-20-22-24-26-28-30-31-32-33-34-35-37-38-40-42-44-46-48-50-52-54-56-58-65(70)75-62-64(63-76-68(67(72)73)74-61-60-69(3,4)5)77-66(71)59-57-55-53-51-49-47-45-43-41-39-36-29-27-25-23-21-19-17-15-13-11-9-7-2/h25,27,64,68H,6-24,26,28-63H2,1-5H3/b27-25-. The minimum absolute atomic E-state index is 0.152. The van der Waals surface area contributed by atoms with Gasteiger partial charge in [0.1, 0.15) is 13.2 Å². The first kappa shape index (κ1) is 75.0. The highest BCUT2D eigenvalue weighted by Crippen LogP contribution is 2.19. The first-order valence-electron chi connectivity index (χ1n) is 33.8. The van der Waals surface area contributed by atoms with Gasteiger partial charge in [-0.3, -0.25) is 9.59 Å². The molecular weight excluding hydrogens is 959 g/mol. The second kappa shape index (κ2) is 60.1. The molecule has 0 bridgehead atoms. The number of unbranched alkanes of at least 4 members (excludes halogenated alkanes) is 47. The van der Waals surface area contributed by atoms with E-state index in [1.807, 2.05) is 21.1 Å². The molecule has 0 amide bonds. The Kier molecular flexibility index (Phi) is 58.6. The van der Waals surface area contributed by atoms with Crippen molar-refractivity contribution in [1.82, 2.24) is 0 Å². The fourth-order valence-electron chi connectivity index (χ4n) is 10.3. The van der Waals surface area contributed by atoms with Gasteiger partial charge in [-0.05, 0) is 38.5 Å². The van der Waals surface area contributed by atoms with E-state index in [2.05, 4.69) is 26.0 Å². The zero-order chi connectivity index (χ0) is 56.2. The van der Waals surface area contributed by atoms with Crippen LogP contribution in [0.2, 0.25) is 0 Å². The smallest absolute Gasteiger partial charge is 0.306 e. The third-order valence-corrected chi connectivity index (χ3v) is 15.5. The number of hydrogen-bond donors (Lipinski definition) is 0. The van der Waals surface area contributed by atoms with Gasteiger partial charge in [0.2, 0.25) is 0 Å². The van der Waals surface area contributed by atoms with Crippen LogP contribution in [0.15, 0.2) is 12.2 Å². The molecule has 0 aromatic heterocycles. The number of hydrogen-bond acceptors (Lipinski definition) is 8. The molecule has 0 aromatic carbocycles. The molecule has 77 heavy (non-hydrogen) atoms. The largest absolute Gasteiger partial charge is 0.545 e. The second-order valence-electron chi connectivity index (χ2n) is 24.5. The van der Waals surface area contributed by atoms with Crippen LogP contribution in [0.3, 0.4) is 0 Å². The number of rotatable bonds is 64. The predicted molar refractivity (Wildman–Crippen MR) is 325 cm³/mol. The van der Waals surface area contributed by atoms with Gasteiger partial charge in [-0.15, -0.1) is 0 Å². The minimum atomic E-state index is -1.62. The molecule has 0 saturated carbocycles. The summed E-state index contributed by atoms with van der Waals surface area (Å²) in [5.74, 6) is -2.25. The van der Waals surface area contributed by atoms with Crippen molar-refractivity contribution in [2.75, 3.05) is 47.5 Å². The molecule has 0 saturated heterocycles.